The molecule has 1 N–H and O–H groups in total. The summed E-state index contributed by atoms with van der Waals surface area (Å²) in [7, 11) is 0. The number of nitrogens with zero attached hydrogens (tertiary/aromatic N) is 6. The average Bonchev–Trinajstić information content (AvgIpc) is 3.48. The lowest BCUT2D eigenvalue weighted by molar-refractivity contribution is 0.0978. The lowest BCUT2D eigenvalue weighted by Crippen LogP contribution is -2.06. The molecule has 4 aromatic rings. The fourth-order valence-electron chi connectivity index (χ4n) is 3.26. The number of H-pyrrole nitrogens is 1. The van der Waals surface area contributed by atoms with Gasteiger partial charge in [0.15, 0.2) is 5.82 Å². The van der Waals surface area contributed by atoms with Crippen molar-refractivity contribution in [2.45, 2.75) is 33.2 Å². The third kappa shape index (κ3) is 4.41. The molecule has 0 saturated carbocycles. The maximum Gasteiger partial charge on any atom is 0.217 e. The second-order valence-corrected chi connectivity index (χ2v) is 6.88. The van der Waals surface area contributed by atoms with Crippen LogP contribution in [-0.2, 0) is 13.0 Å². The second-order valence-electron chi connectivity index (χ2n) is 6.88. The van der Waals surface area contributed by atoms with E-state index in [1.165, 1.54) is 0 Å². The molecule has 0 spiro atoms. The molecular formula is C23H21N7O. The molecule has 0 fully saturated rings. The quantitative estimate of drug-likeness (QED) is 0.370. The van der Waals surface area contributed by atoms with Crippen molar-refractivity contribution in [3.8, 4) is 34.4 Å². The molecule has 0 aliphatic heterocycles. The van der Waals surface area contributed by atoms with Gasteiger partial charge in [-0.05, 0) is 34.0 Å². The molecule has 0 amide bonds. The highest BCUT2D eigenvalue weighted by Gasteiger charge is 2.15. The molecule has 2 heterocycles. The molecule has 0 bridgehead atoms. The zero-order valence-corrected chi connectivity index (χ0v) is 17.3. The van der Waals surface area contributed by atoms with E-state index in [1.807, 2.05) is 24.3 Å². The Morgan fingerprint density at radius 3 is 2.55 bits per heavy atom. The fraction of sp³-hybridized carbons (Fsp3) is 0.217. The Balaban J connectivity index is 1.61. The minimum Gasteiger partial charge on any atom is -0.291 e. The van der Waals surface area contributed by atoms with E-state index in [-0.39, 0.29) is 11.6 Å². The van der Waals surface area contributed by atoms with Crippen LogP contribution >= 0.6 is 0 Å². The first-order chi connectivity index (χ1) is 15.2. The summed E-state index contributed by atoms with van der Waals surface area (Å²) in [6.07, 6.45) is 0.932. The summed E-state index contributed by atoms with van der Waals surface area (Å²) in [5.41, 5.74) is 4.08. The Bertz CT molecular complexity index is 1250. The SMILES string of the molecule is CC#CCn1nc(C(=O)CC)nc1Cc1ccc(-c2ccccc2-c2nnn[nH]2)cc1. The molecule has 0 unspecified atom stereocenters. The molecule has 2 aromatic heterocycles. The number of benzene rings is 2. The third-order valence-corrected chi connectivity index (χ3v) is 4.88. The molecule has 31 heavy (non-hydrogen) atoms. The Kier molecular flexibility index (Phi) is 5.94. The van der Waals surface area contributed by atoms with E-state index >= 15 is 0 Å². The van der Waals surface area contributed by atoms with Gasteiger partial charge in [-0.3, -0.25) is 4.79 Å². The largest absolute Gasteiger partial charge is 0.291 e. The van der Waals surface area contributed by atoms with Gasteiger partial charge in [-0.15, -0.1) is 16.1 Å². The lowest BCUT2D eigenvalue weighted by Gasteiger charge is -2.08. The maximum atomic E-state index is 12.0. The summed E-state index contributed by atoms with van der Waals surface area (Å²) in [5, 5.41) is 18.5. The average molecular weight is 411 g/mol. The van der Waals surface area contributed by atoms with Gasteiger partial charge in [-0.1, -0.05) is 61.4 Å². The first kappa shape index (κ1) is 20.2. The van der Waals surface area contributed by atoms with Crippen molar-refractivity contribution >= 4 is 5.78 Å². The van der Waals surface area contributed by atoms with Crippen LogP contribution < -0.4 is 0 Å². The highest BCUT2D eigenvalue weighted by Crippen LogP contribution is 2.29. The lowest BCUT2D eigenvalue weighted by atomic mass is 9.98. The number of aromatic nitrogens is 7. The molecule has 0 radical (unpaired) electrons. The smallest absolute Gasteiger partial charge is 0.217 e. The third-order valence-electron chi connectivity index (χ3n) is 4.88. The van der Waals surface area contributed by atoms with Gasteiger partial charge < -0.3 is 0 Å². The number of rotatable bonds is 7. The van der Waals surface area contributed by atoms with E-state index in [2.05, 4.69) is 66.8 Å². The van der Waals surface area contributed by atoms with Crippen LogP contribution in [0.5, 0.6) is 0 Å². The van der Waals surface area contributed by atoms with E-state index < -0.39 is 0 Å². The summed E-state index contributed by atoms with van der Waals surface area (Å²) in [6, 6.07) is 16.2. The predicted molar refractivity (Wildman–Crippen MR) is 116 cm³/mol. The zero-order valence-electron chi connectivity index (χ0n) is 17.3. The number of hydrogen-bond acceptors (Lipinski definition) is 6. The number of nitrogens with one attached hydrogen (secondary N) is 1. The first-order valence-corrected chi connectivity index (χ1v) is 9.98. The molecule has 0 aliphatic carbocycles. The van der Waals surface area contributed by atoms with Crippen molar-refractivity contribution in [2.75, 3.05) is 0 Å². The number of ketones is 1. The highest BCUT2D eigenvalue weighted by atomic mass is 16.1. The minimum absolute atomic E-state index is 0.0710. The number of Topliss-reactive ketones (excluding diaryl/α,β-unsaturated/α-hetero) is 1. The van der Waals surface area contributed by atoms with Crippen molar-refractivity contribution in [1.29, 1.82) is 0 Å². The van der Waals surface area contributed by atoms with Crippen molar-refractivity contribution in [2.24, 2.45) is 0 Å². The number of aromatic amines is 1. The van der Waals surface area contributed by atoms with Crippen molar-refractivity contribution in [3.05, 3.63) is 65.7 Å². The predicted octanol–water partition coefficient (Wildman–Crippen LogP) is 3.33. The summed E-state index contributed by atoms with van der Waals surface area (Å²) >= 11 is 0. The number of hydrogen-bond donors (Lipinski definition) is 1. The van der Waals surface area contributed by atoms with Gasteiger partial charge in [0, 0.05) is 18.4 Å². The summed E-state index contributed by atoms with van der Waals surface area (Å²) in [6.45, 7) is 3.99. The van der Waals surface area contributed by atoms with Gasteiger partial charge in [-0.2, -0.15) is 0 Å². The maximum absolute atomic E-state index is 12.0. The topological polar surface area (TPSA) is 102 Å². The molecule has 8 heteroatoms. The van der Waals surface area contributed by atoms with Gasteiger partial charge in [0.1, 0.15) is 12.4 Å². The van der Waals surface area contributed by atoms with E-state index in [1.54, 1.807) is 18.5 Å². The van der Waals surface area contributed by atoms with E-state index in [9.17, 15) is 4.79 Å². The fourth-order valence-corrected chi connectivity index (χ4v) is 3.26. The van der Waals surface area contributed by atoms with Crippen molar-refractivity contribution < 1.29 is 4.79 Å². The number of carbonyl (C=O) groups excluding carboxylic acids is 1. The van der Waals surface area contributed by atoms with E-state index in [0.29, 0.717) is 25.2 Å². The molecule has 8 nitrogen and oxygen atoms in total. The Morgan fingerprint density at radius 1 is 1.10 bits per heavy atom. The number of tetrazole rings is 1. The van der Waals surface area contributed by atoms with Crippen LogP contribution in [0.25, 0.3) is 22.5 Å². The van der Waals surface area contributed by atoms with Crippen LogP contribution in [0.2, 0.25) is 0 Å². The Hall–Kier alpha value is -4.12. The van der Waals surface area contributed by atoms with Gasteiger partial charge in [0.25, 0.3) is 0 Å². The standard InChI is InChI=1S/C23H21N7O/c1-3-5-14-30-21(24-23(27-30)20(31)4-2)15-16-10-12-17(13-11-16)18-8-6-7-9-19(18)22-25-28-29-26-22/h6-13H,4,14-15H2,1-2H3,(H,25,26,28,29). The van der Waals surface area contributed by atoms with E-state index in [0.717, 1.165) is 28.1 Å². The number of carbonyl (C=O) groups is 1. The Labute approximate surface area is 179 Å². The first-order valence-electron chi connectivity index (χ1n) is 9.98. The zero-order chi connectivity index (χ0) is 21.6. The van der Waals surface area contributed by atoms with Crippen LogP contribution in [0, 0.1) is 11.8 Å². The van der Waals surface area contributed by atoms with Gasteiger partial charge in [0.05, 0.1) is 0 Å². The summed E-state index contributed by atoms with van der Waals surface area (Å²) in [4.78, 5) is 16.5. The van der Waals surface area contributed by atoms with Crippen LogP contribution in [0.4, 0.5) is 0 Å². The van der Waals surface area contributed by atoms with Crippen molar-refractivity contribution in [3.63, 3.8) is 0 Å². The molecule has 0 aliphatic rings. The normalized spacial score (nSPS) is 10.5. The monoisotopic (exact) mass is 411 g/mol. The molecule has 0 saturated heterocycles. The van der Waals surface area contributed by atoms with Crippen LogP contribution in [0.15, 0.2) is 48.5 Å². The Morgan fingerprint density at radius 2 is 1.87 bits per heavy atom. The molecule has 154 valence electrons. The molecule has 4 rings (SSSR count). The molecule has 0 atom stereocenters. The molecule has 2 aromatic carbocycles. The van der Waals surface area contributed by atoms with Gasteiger partial charge >= 0.3 is 0 Å². The molecular weight excluding hydrogens is 390 g/mol. The summed E-state index contributed by atoms with van der Waals surface area (Å²) in [5.74, 6) is 7.38. The summed E-state index contributed by atoms with van der Waals surface area (Å²) < 4.78 is 1.71. The highest BCUT2D eigenvalue weighted by molar-refractivity contribution is 5.92. The minimum atomic E-state index is -0.0710. The second kappa shape index (κ2) is 9.13. The van der Waals surface area contributed by atoms with Crippen LogP contribution in [-0.4, -0.2) is 41.2 Å². The van der Waals surface area contributed by atoms with Gasteiger partial charge in [-0.25, -0.2) is 14.8 Å². The van der Waals surface area contributed by atoms with Crippen LogP contribution in [0.3, 0.4) is 0 Å². The van der Waals surface area contributed by atoms with E-state index in [4.69, 9.17) is 0 Å². The van der Waals surface area contributed by atoms with Gasteiger partial charge in [0.2, 0.25) is 11.6 Å². The van der Waals surface area contributed by atoms with Crippen LogP contribution in [0.1, 0.15) is 42.3 Å². The van der Waals surface area contributed by atoms with Crippen molar-refractivity contribution in [1.82, 2.24) is 35.4 Å².